The largest absolute Gasteiger partial charge is 0.343 e. The highest BCUT2D eigenvalue weighted by atomic mass is 16.2. The number of likely N-dealkylation sites (tertiary alicyclic amines) is 1. The van der Waals surface area contributed by atoms with E-state index in [1.54, 1.807) is 12.5 Å². The standard InChI is InChI=1S/C19H26N4O/c1-16-13-18(4-7-21-16)14-17-5-10-23(11-6-17)19(24)3-2-9-22-12-8-20-15-22/h4,7-8,12-13,15,17H,2-3,5-6,9-11,14H2,1H3. The van der Waals surface area contributed by atoms with E-state index in [-0.39, 0.29) is 0 Å². The molecule has 2 aromatic rings. The summed E-state index contributed by atoms with van der Waals surface area (Å²) in [6, 6.07) is 4.29. The number of hydrogen-bond donors (Lipinski definition) is 0. The zero-order valence-electron chi connectivity index (χ0n) is 14.4. The molecule has 2 aromatic heterocycles. The molecule has 1 aliphatic rings. The van der Waals surface area contributed by atoms with Crippen LogP contribution < -0.4 is 0 Å². The zero-order valence-corrected chi connectivity index (χ0v) is 14.4. The molecular formula is C19H26N4O. The molecule has 5 nitrogen and oxygen atoms in total. The van der Waals surface area contributed by atoms with Crippen molar-refractivity contribution in [1.29, 1.82) is 0 Å². The molecule has 128 valence electrons. The summed E-state index contributed by atoms with van der Waals surface area (Å²) >= 11 is 0. The van der Waals surface area contributed by atoms with Crippen molar-refractivity contribution in [3.8, 4) is 0 Å². The minimum absolute atomic E-state index is 0.299. The van der Waals surface area contributed by atoms with Gasteiger partial charge in [0.2, 0.25) is 5.91 Å². The maximum absolute atomic E-state index is 12.3. The molecule has 1 fully saturated rings. The minimum Gasteiger partial charge on any atom is -0.343 e. The number of amides is 1. The Morgan fingerprint density at radius 1 is 1.29 bits per heavy atom. The lowest BCUT2D eigenvalue weighted by Gasteiger charge is -2.32. The second-order valence-corrected chi connectivity index (χ2v) is 6.74. The fourth-order valence-electron chi connectivity index (χ4n) is 3.44. The van der Waals surface area contributed by atoms with Gasteiger partial charge in [-0.1, -0.05) is 0 Å². The van der Waals surface area contributed by atoms with Crippen molar-refractivity contribution in [2.75, 3.05) is 13.1 Å². The highest BCUT2D eigenvalue weighted by Crippen LogP contribution is 2.22. The fraction of sp³-hybridized carbons (Fsp3) is 0.526. The Labute approximate surface area is 143 Å². The van der Waals surface area contributed by atoms with Gasteiger partial charge in [-0.2, -0.15) is 0 Å². The number of piperidine rings is 1. The van der Waals surface area contributed by atoms with E-state index in [1.807, 2.05) is 28.8 Å². The highest BCUT2D eigenvalue weighted by Gasteiger charge is 2.22. The molecule has 3 heterocycles. The van der Waals surface area contributed by atoms with E-state index >= 15 is 0 Å². The minimum atomic E-state index is 0.299. The Morgan fingerprint density at radius 3 is 2.83 bits per heavy atom. The monoisotopic (exact) mass is 326 g/mol. The third-order valence-electron chi connectivity index (χ3n) is 4.82. The van der Waals surface area contributed by atoms with Crippen LogP contribution in [0.1, 0.15) is 36.9 Å². The quantitative estimate of drug-likeness (QED) is 0.820. The van der Waals surface area contributed by atoms with Gasteiger partial charge in [0, 0.05) is 50.3 Å². The van der Waals surface area contributed by atoms with E-state index < -0.39 is 0 Å². The molecule has 0 aromatic carbocycles. The summed E-state index contributed by atoms with van der Waals surface area (Å²) in [4.78, 5) is 22.7. The number of rotatable bonds is 6. The van der Waals surface area contributed by atoms with Crippen molar-refractivity contribution < 1.29 is 4.79 Å². The molecule has 0 spiro atoms. The van der Waals surface area contributed by atoms with Gasteiger partial charge in [-0.3, -0.25) is 9.78 Å². The molecule has 0 saturated carbocycles. The highest BCUT2D eigenvalue weighted by molar-refractivity contribution is 5.76. The van der Waals surface area contributed by atoms with Crippen molar-refractivity contribution in [3.05, 3.63) is 48.3 Å². The van der Waals surface area contributed by atoms with Crippen LogP contribution in [0.2, 0.25) is 0 Å². The molecule has 1 saturated heterocycles. The van der Waals surface area contributed by atoms with Gasteiger partial charge in [-0.25, -0.2) is 4.98 Å². The smallest absolute Gasteiger partial charge is 0.222 e. The van der Waals surface area contributed by atoms with Crippen molar-refractivity contribution in [2.24, 2.45) is 5.92 Å². The van der Waals surface area contributed by atoms with Gasteiger partial charge in [0.05, 0.1) is 6.33 Å². The molecule has 0 aliphatic carbocycles. The van der Waals surface area contributed by atoms with E-state index in [0.29, 0.717) is 18.2 Å². The first-order valence-electron chi connectivity index (χ1n) is 8.86. The van der Waals surface area contributed by atoms with Crippen molar-refractivity contribution in [2.45, 2.75) is 45.6 Å². The van der Waals surface area contributed by atoms with Gasteiger partial charge >= 0.3 is 0 Å². The number of aryl methyl sites for hydroxylation is 2. The SMILES string of the molecule is Cc1cc(CC2CCN(C(=O)CCCn3ccnc3)CC2)ccn1. The fourth-order valence-corrected chi connectivity index (χ4v) is 3.44. The summed E-state index contributed by atoms with van der Waals surface area (Å²) < 4.78 is 2.02. The Morgan fingerprint density at radius 2 is 2.12 bits per heavy atom. The number of pyridine rings is 1. The van der Waals surface area contributed by atoms with Crippen LogP contribution in [-0.2, 0) is 17.8 Å². The van der Waals surface area contributed by atoms with Gasteiger partial charge in [-0.15, -0.1) is 0 Å². The number of carbonyl (C=O) groups is 1. The Balaban J connectivity index is 1.38. The van der Waals surface area contributed by atoms with Gasteiger partial charge in [-0.05, 0) is 56.2 Å². The molecule has 1 amide bonds. The summed E-state index contributed by atoms with van der Waals surface area (Å²) in [6.07, 6.45) is 12.2. The summed E-state index contributed by atoms with van der Waals surface area (Å²) in [5.41, 5.74) is 2.45. The topological polar surface area (TPSA) is 51.0 Å². The summed E-state index contributed by atoms with van der Waals surface area (Å²) in [7, 11) is 0. The maximum atomic E-state index is 12.3. The molecule has 5 heteroatoms. The first kappa shape index (κ1) is 16.7. The summed E-state index contributed by atoms with van der Waals surface area (Å²) in [5, 5.41) is 0. The van der Waals surface area contributed by atoms with Crippen LogP contribution in [-0.4, -0.2) is 38.4 Å². The zero-order chi connectivity index (χ0) is 16.8. The van der Waals surface area contributed by atoms with Crippen LogP contribution in [0, 0.1) is 12.8 Å². The molecule has 3 rings (SSSR count). The summed E-state index contributed by atoms with van der Waals surface area (Å²) in [6.45, 7) is 4.70. The van der Waals surface area contributed by atoms with Crippen molar-refractivity contribution >= 4 is 5.91 Å². The predicted octanol–water partition coefficient (Wildman–Crippen LogP) is 2.85. The number of nitrogens with zero attached hydrogens (tertiary/aromatic N) is 4. The van der Waals surface area contributed by atoms with Crippen LogP contribution >= 0.6 is 0 Å². The molecule has 0 unspecified atom stereocenters. The average molecular weight is 326 g/mol. The first-order valence-corrected chi connectivity index (χ1v) is 8.86. The molecule has 0 atom stereocenters. The molecule has 0 radical (unpaired) electrons. The number of aromatic nitrogens is 3. The van der Waals surface area contributed by atoms with E-state index in [9.17, 15) is 4.79 Å². The Hall–Kier alpha value is -2.17. The Bertz CT molecular complexity index is 645. The van der Waals surface area contributed by atoms with Gasteiger partial charge in [0.15, 0.2) is 0 Å². The van der Waals surface area contributed by atoms with E-state index in [2.05, 4.69) is 22.1 Å². The molecule has 1 aliphatic heterocycles. The van der Waals surface area contributed by atoms with Gasteiger partial charge < -0.3 is 9.47 Å². The lowest BCUT2D eigenvalue weighted by molar-refractivity contribution is -0.132. The second-order valence-electron chi connectivity index (χ2n) is 6.74. The summed E-state index contributed by atoms with van der Waals surface area (Å²) in [5.74, 6) is 0.982. The lowest BCUT2D eigenvalue weighted by Crippen LogP contribution is -2.38. The van der Waals surface area contributed by atoms with E-state index in [0.717, 1.165) is 51.0 Å². The average Bonchev–Trinajstić information content (AvgIpc) is 3.09. The van der Waals surface area contributed by atoms with Crippen molar-refractivity contribution in [3.63, 3.8) is 0 Å². The van der Waals surface area contributed by atoms with Crippen LogP contribution in [0.3, 0.4) is 0 Å². The van der Waals surface area contributed by atoms with Crippen molar-refractivity contribution in [1.82, 2.24) is 19.4 Å². The normalized spacial score (nSPS) is 15.6. The number of carbonyl (C=O) groups excluding carboxylic acids is 1. The van der Waals surface area contributed by atoms with Gasteiger partial charge in [0.1, 0.15) is 0 Å². The molecular weight excluding hydrogens is 300 g/mol. The van der Waals surface area contributed by atoms with Crippen LogP contribution in [0.5, 0.6) is 0 Å². The third kappa shape index (κ3) is 4.66. The first-order chi connectivity index (χ1) is 11.7. The number of hydrogen-bond acceptors (Lipinski definition) is 3. The van der Waals surface area contributed by atoms with Crippen LogP contribution in [0.4, 0.5) is 0 Å². The number of imidazole rings is 1. The molecule has 0 bridgehead atoms. The maximum Gasteiger partial charge on any atom is 0.222 e. The Kier molecular flexibility index (Phi) is 5.62. The van der Waals surface area contributed by atoms with Crippen LogP contribution in [0.15, 0.2) is 37.1 Å². The lowest BCUT2D eigenvalue weighted by atomic mass is 9.90. The van der Waals surface area contributed by atoms with E-state index in [4.69, 9.17) is 0 Å². The predicted molar refractivity (Wildman–Crippen MR) is 93.4 cm³/mol. The molecule has 24 heavy (non-hydrogen) atoms. The molecule has 0 N–H and O–H groups in total. The van der Waals surface area contributed by atoms with E-state index in [1.165, 1.54) is 5.56 Å². The second kappa shape index (κ2) is 8.08. The van der Waals surface area contributed by atoms with Crippen LogP contribution in [0.25, 0.3) is 0 Å². The third-order valence-corrected chi connectivity index (χ3v) is 4.82. The van der Waals surface area contributed by atoms with Gasteiger partial charge in [0.25, 0.3) is 0 Å².